The first kappa shape index (κ1) is 17.7. The molecule has 0 radical (unpaired) electrons. The molecule has 1 aliphatic rings. The first-order chi connectivity index (χ1) is 12.6. The van der Waals surface area contributed by atoms with Crippen LogP contribution < -0.4 is 0 Å². The molecule has 0 N–H and O–H groups in total. The maximum atomic E-state index is 13.0. The van der Waals surface area contributed by atoms with E-state index < -0.39 is 18.0 Å². The molecule has 6 heteroatoms. The summed E-state index contributed by atoms with van der Waals surface area (Å²) >= 11 is 0. The molecule has 1 aliphatic heterocycles. The molecule has 26 heavy (non-hydrogen) atoms. The SMILES string of the molecule is COC(=O)N1C(=O)CN(Cc2ccccc2)C(=O)[C@@H]1Cc1ccccc1. The zero-order chi connectivity index (χ0) is 18.5. The lowest BCUT2D eigenvalue weighted by molar-refractivity contribution is -0.154. The van der Waals surface area contributed by atoms with Gasteiger partial charge in [-0.15, -0.1) is 0 Å². The Hall–Kier alpha value is -3.15. The fraction of sp³-hybridized carbons (Fsp3) is 0.250. The lowest BCUT2D eigenvalue weighted by Gasteiger charge is -2.38. The minimum absolute atomic E-state index is 0.145. The van der Waals surface area contributed by atoms with Crippen molar-refractivity contribution in [2.75, 3.05) is 13.7 Å². The molecule has 2 aromatic carbocycles. The number of hydrogen-bond acceptors (Lipinski definition) is 4. The molecule has 0 aliphatic carbocycles. The van der Waals surface area contributed by atoms with Crippen molar-refractivity contribution in [3.05, 3.63) is 71.8 Å². The molecule has 2 aromatic rings. The Morgan fingerprint density at radius 2 is 1.58 bits per heavy atom. The van der Waals surface area contributed by atoms with Crippen LogP contribution in [-0.2, 0) is 27.3 Å². The topological polar surface area (TPSA) is 66.9 Å². The van der Waals surface area contributed by atoms with Gasteiger partial charge in [0.2, 0.25) is 5.91 Å². The van der Waals surface area contributed by atoms with Crippen LogP contribution >= 0.6 is 0 Å². The first-order valence-corrected chi connectivity index (χ1v) is 8.37. The maximum Gasteiger partial charge on any atom is 0.417 e. The molecular weight excluding hydrogens is 332 g/mol. The average molecular weight is 352 g/mol. The number of ether oxygens (including phenoxy) is 1. The monoisotopic (exact) mass is 352 g/mol. The number of amides is 3. The van der Waals surface area contributed by atoms with Crippen molar-refractivity contribution in [2.24, 2.45) is 0 Å². The Kier molecular flexibility index (Phi) is 5.31. The third-order valence-corrected chi connectivity index (χ3v) is 4.36. The van der Waals surface area contributed by atoms with Crippen LogP contribution in [0.25, 0.3) is 0 Å². The van der Waals surface area contributed by atoms with Crippen molar-refractivity contribution in [1.29, 1.82) is 0 Å². The van der Waals surface area contributed by atoms with Crippen molar-refractivity contribution in [3.63, 3.8) is 0 Å². The molecule has 3 amide bonds. The fourth-order valence-corrected chi connectivity index (χ4v) is 3.09. The van der Waals surface area contributed by atoms with Gasteiger partial charge in [0.05, 0.1) is 7.11 Å². The van der Waals surface area contributed by atoms with E-state index in [1.165, 1.54) is 12.0 Å². The van der Waals surface area contributed by atoms with Crippen LogP contribution in [0.5, 0.6) is 0 Å². The van der Waals surface area contributed by atoms with Gasteiger partial charge in [0.1, 0.15) is 12.6 Å². The summed E-state index contributed by atoms with van der Waals surface area (Å²) in [5, 5.41) is 0. The molecule has 0 bridgehead atoms. The molecule has 0 spiro atoms. The number of methoxy groups -OCH3 is 1. The van der Waals surface area contributed by atoms with E-state index in [1.807, 2.05) is 60.7 Å². The Balaban J connectivity index is 1.87. The maximum absolute atomic E-state index is 13.0. The van der Waals surface area contributed by atoms with E-state index in [0.29, 0.717) is 6.54 Å². The Labute approximate surface area is 152 Å². The molecule has 134 valence electrons. The Bertz CT molecular complexity index is 792. The van der Waals surface area contributed by atoms with Crippen LogP contribution in [0.4, 0.5) is 4.79 Å². The zero-order valence-corrected chi connectivity index (χ0v) is 14.5. The van der Waals surface area contributed by atoms with E-state index in [9.17, 15) is 14.4 Å². The lowest BCUT2D eigenvalue weighted by atomic mass is 10.0. The van der Waals surface area contributed by atoms with Crippen molar-refractivity contribution in [2.45, 2.75) is 19.0 Å². The van der Waals surface area contributed by atoms with E-state index >= 15 is 0 Å². The minimum atomic E-state index is -0.908. The number of carbonyl (C=O) groups excluding carboxylic acids is 3. The summed E-state index contributed by atoms with van der Waals surface area (Å²) in [6.45, 7) is 0.180. The summed E-state index contributed by atoms with van der Waals surface area (Å²) in [7, 11) is 1.20. The molecule has 1 saturated heterocycles. The highest BCUT2D eigenvalue weighted by molar-refractivity contribution is 6.03. The van der Waals surface area contributed by atoms with Crippen LogP contribution in [0.15, 0.2) is 60.7 Å². The zero-order valence-electron chi connectivity index (χ0n) is 14.5. The van der Waals surface area contributed by atoms with Crippen LogP contribution in [-0.4, -0.2) is 47.4 Å². The first-order valence-electron chi connectivity index (χ1n) is 8.37. The molecule has 3 rings (SSSR count). The van der Waals surface area contributed by atoms with Crippen molar-refractivity contribution < 1.29 is 19.1 Å². The summed E-state index contributed by atoms with van der Waals surface area (Å²) in [6, 6.07) is 17.9. The van der Waals surface area contributed by atoms with E-state index in [4.69, 9.17) is 4.74 Å². The van der Waals surface area contributed by atoms with Crippen LogP contribution in [0.1, 0.15) is 11.1 Å². The number of nitrogens with zero attached hydrogens (tertiary/aromatic N) is 2. The molecule has 6 nitrogen and oxygen atoms in total. The van der Waals surface area contributed by atoms with E-state index in [1.54, 1.807) is 0 Å². The summed E-state index contributed by atoms with van der Waals surface area (Å²) in [4.78, 5) is 40.1. The normalized spacial score (nSPS) is 17.3. The highest BCUT2D eigenvalue weighted by atomic mass is 16.5. The Morgan fingerprint density at radius 1 is 1.00 bits per heavy atom. The number of carbonyl (C=O) groups is 3. The number of benzene rings is 2. The van der Waals surface area contributed by atoms with Gasteiger partial charge in [-0.3, -0.25) is 9.59 Å². The second-order valence-corrected chi connectivity index (χ2v) is 6.12. The second-order valence-electron chi connectivity index (χ2n) is 6.12. The second kappa shape index (κ2) is 7.82. The standard InChI is InChI=1S/C20H20N2O4/c1-26-20(25)22-17(12-15-8-4-2-5-9-15)19(24)21(14-18(22)23)13-16-10-6-3-7-11-16/h2-11,17H,12-14H2,1H3/t17-/m0/s1. The predicted molar refractivity (Wildman–Crippen MR) is 95.0 cm³/mol. The third-order valence-electron chi connectivity index (χ3n) is 4.36. The van der Waals surface area contributed by atoms with Crippen molar-refractivity contribution in [3.8, 4) is 0 Å². The highest BCUT2D eigenvalue weighted by Crippen LogP contribution is 2.20. The lowest BCUT2D eigenvalue weighted by Crippen LogP contribution is -2.62. The van der Waals surface area contributed by atoms with Crippen molar-refractivity contribution in [1.82, 2.24) is 9.80 Å². The summed E-state index contributed by atoms with van der Waals surface area (Å²) in [5.74, 6) is -0.698. The number of hydrogen-bond donors (Lipinski definition) is 0. The molecular formula is C20H20N2O4. The smallest absolute Gasteiger partial charge is 0.417 e. The number of piperazine rings is 1. The molecule has 1 fully saturated rings. The summed E-state index contributed by atoms with van der Waals surface area (Å²) in [6.07, 6.45) is -0.546. The molecule has 0 unspecified atom stereocenters. The fourth-order valence-electron chi connectivity index (χ4n) is 3.09. The number of imide groups is 1. The predicted octanol–water partition coefficient (Wildman–Crippen LogP) is 2.24. The molecule has 0 aromatic heterocycles. The van der Waals surface area contributed by atoms with Gasteiger partial charge in [-0.05, 0) is 11.1 Å². The molecule has 0 saturated carbocycles. The van der Waals surface area contributed by atoms with Gasteiger partial charge in [-0.2, -0.15) is 0 Å². The minimum Gasteiger partial charge on any atom is -0.452 e. The summed E-state index contributed by atoms with van der Waals surface area (Å²) < 4.78 is 4.73. The van der Waals surface area contributed by atoms with Crippen LogP contribution in [0, 0.1) is 0 Å². The van der Waals surface area contributed by atoms with Crippen molar-refractivity contribution >= 4 is 17.9 Å². The van der Waals surface area contributed by atoms with E-state index in [0.717, 1.165) is 16.0 Å². The highest BCUT2D eigenvalue weighted by Gasteiger charge is 2.43. The van der Waals surface area contributed by atoms with Gasteiger partial charge in [0.25, 0.3) is 5.91 Å². The van der Waals surface area contributed by atoms with E-state index in [-0.39, 0.29) is 18.9 Å². The largest absolute Gasteiger partial charge is 0.452 e. The van der Waals surface area contributed by atoms with Gasteiger partial charge < -0.3 is 9.64 Å². The van der Waals surface area contributed by atoms with Crippen LogP contribution in [0.2, 0.25) is 0 Å². The van der Waals surface area contributed by atoms with Crippen LogP contribution in [0.3, 0.4) is 0 Å². The number of rotatable bonds is 4. The summed E-state index contributed by atoms with van der Waals surface area (Å²) in [5.41, 5.74) is 1.80. The quantitative estimate of drug-likeness (QED) is 0.846. The molecule has 1 heterocycles. The van der Waals surface area contributed by atoms with Gasteiger partial charge in [-0.25, -0.2) is 9.69 Å². The van der Waals surface area contributed by atoms with E-state index in [2.05, 4.69) is 0 Å². The Morgan fingerprint density at radius 3 is 2.15 bits per heavy atom. The molecule has 1 atom stereocenters. The van der Waals surface area contributed by atoms with Gasteiger partial charge in [0.15, 0.2) is 0 Å². The third kappa shape index (κ3) is 3.74. The van der Waals surface area contributed by atoms with Gasteiger partial charge >= 0.3 is 6.09 Å². The van der Waals surface area contributed by atoms with Gasteiger partial charge in [-0.1, -0.05) is 60.7 Å². The van der Waals surface area contributed by atoms with Gasteiger partial charge in [0, 0.05) is 13.0 Å². The average Bonchev–Trinajstić information content (AvgIpc) is 2.67.